The molecule has 25 heavy (non-hydrogen) atoms. The van der Waals surface area contributed by atoms with Crippen molar-refractivity contribution in [3.8, 4) is 0 Å². The molecular formula is C19H24O6. The molecule has 1 heterocycles. The van der Waals surface area contributed by atoms with E-state index in [1.54, 1.807) is 19.9 Å². The molecular weight excluding hydrogens is 324 g/mol. The van der Waals surface area contributed by atoms with E-state index < -0.39 is 42.3 Å². The first-order valence-electron chi connectivity index (χ1n) is 8.09. The summed E-state index contributed by atoms with van der Waals surface area (Å²) in [6.45, 7) is 12.3. The van der Waals surface area contributed by atoms with Crippen molar-refractivity contribution in [2.45, 2.75) is 51.6 Å². The van der Waals surface area contributed by atoms with E-state index in [-0.39, 0.29) is 17.6 Å². The lowest BCUT2D eigenvalue weighted by Gasteiger charge is -2.28. The Balaban J connectivity index is 2.47. The molecule has 2 aliphatic rings. The summed E-state index contributed by atoms with van der Waals surface area (Å²) in [6, 6.07) is 0. The zero-order valence-corrected chi connectivity index (χ0v) is 14.7. The smallest absolute Gasteiger partial charge is 0.334 e. The summed E-state index contributed by atoms with van der Waals surface area (Å²) >= 11 is 0. The van der Waals surface area contributed by atoms with Gasteiger partial charge in [-0.1, -0.05) is 24.8 Å². The van der Waals surface area contributed by atoms with Crippen molar-refractivity contribution < 1.29 is 29.3 Å². The number of hydrogen-bond donors (Lipinski definition) is 2. The molecule has 0 aromatic rings. The Bertz CT molecular complexity index is 671. The molecule has 0 aromatic heterocycles. The zero-order chi connectivity index (χ0) is 18.9. The van der Waals surface area contributed by atoms with Crippen LogP contribution in [-0.4, -0.2) is 46.6 Å². The van der Waals surface area contributed by atoms with Crippen LogP contribution in [0.2, 0.25) is 0 Å². The van der Waals surface area contributed by atoms with Gasteiger partial charge in [0.15, 0.2) is 0 Å². The molecule has 1 aliphatic heterocycles. The molecule has 5 unspecified atom stereocenters. The molecule has 6 heteroatoms. The Hall–Kier alpha value is -2.18. The molecule has 1 fully saturated rings. The molecule has 0 aromatic carbocycles. The second kappa shape index (κ2) is 7.37. The third-order valence-electron chi connectivity index (χ3n) is 4.46. The molecule has 0 amide bonds. The summed E-state index contributed by atoms with van der Waals surface area (Å²) in [6.07, 6.45) is -0.281. The standard InChI is InChI=1S/C19H24O6/c1-9(2)18(22)24-14-7-10(3)6-13(20)17(21)11(4)8-15-16(14)12(5)19(23)25-15/h6,8,13-17,20-21H,1,5,7H2,2-4H3. The van der Waals surface area contributed by atoms with Crippen LogP contribution in [0.3, 0.4) is 0 Å². The van der Waals surface area contributed by atoms with Crippen LogP contribution in [0.15, 0.2) is 47.6 Å². The van der Waals surface area contributed by atoms with Gasteiger partial charge in [-0.2, -0.15) is 0 Å². The normalized spacial score (nSPS) is 32.9. The summed E-state index contributed by atoms with van der Waals surface area (Å²) < 4.78 is 10.9. The number of aliphatic hydroxyl groups excluding tert-OH is 2. The van der Waals surface area contributed by atoms with Crippen LogP contribution in [0.4, 0.5) is 0 Å². The number of rotatable bonds is 2. The molecule has 0 saturated carbocycles. The summed E-state index contributed by atoms with van der Waals surface area (Å²) in [5.74, 6) is -1.70. The van der Waals surface area contributed by atoms with E-state index in [1.807, 2.05) is 0 Å². The van der Waals surface area contributed by atoms with Crippen LogP contribution in [0.1, 0.15) is 27.2 Å². The van der Waals surface area contributed by atoms with E-state index in [0.29, 0.717) is 11.1 Å². The highest BCUT2D eigenvalue weighted by atomic mass is 16.6. The fourth-order valence-corrected chi connectivity index (χ4v) is 3.06. The second-order valence-electron chi connectivity index (χ2n) is 6.71. The predicted octanol–water partition coefficient (Wildman–Crippen LogP) is 1.59. The minimum atomic E-state index is -1.11. The van der Waals surface area contributed by atoms with E-state index in [9.17, 15) is 19.8 Å². The zero-order valence-electron chi connectivity index (χ0n) is 14.7. The van der Waals surface area contributed by atoms with Crippen molar-refractivity contribution in [2.75, 3.05) is 0 Å². The fourth-order valence-electron chi connectivity index (χ4n) is 3.06. The van der Waals surface area contributed by atoms with Crippen molar-refractivity contribution in [3.63, 3.8) is 0 Å². The molecule has 0 spiro atoms. The Labute approximate surface area is 147 Å². The van der Waals surface area contributed by atoms with Gasteiger partial charge >= 0.3 is 11.9 Å². The van der Waals surface area contributed by atoms with Crippen molar-refractivity contribution in [2.24, 2.45) is 5.92 Å². The van der Waals surface area contributed by atoms with E-state index in [4.69, 9.17) is 9.47 Å². The summed E-state index contributed by atoms with van der Waals surface area (Å²) in [4.78, 5) is 24.0. The van der Waals surface area contributed by atoms with Crippen LogP contribution < -0.4 is 0 Å². The molecule has 5 atom stereocenters. The third kappa shape index (κ3) is 4.08. The van der Waals surface area contributed by atoms with Crippen LogP contribution in [-0.2, 0) is 19.1 Å². The van der Waals surface area contributed by atoms with E-state index >= 15 is 0 Å². The topological polar surface area (TPSA) is 93.1 Å². The van der Waals surface area contributed by atoms with Crippen molar-refractivity contribution >= 4 is 11.9 Å². The quantitative estimate of drug-likeness (QED) is 0.447. The molecule has 1 saturated heterocycles. The number of carbonyl (C=O) groups excluding carboxylic acids is 2. The third-order valence-corrected chi connectivity index (χ3v) is 4.46. The molecule has 0 radical (unpaired) electrons. The summed E-state index contributed by atoms with van der Waals surface area (Å²) in [7, 11) is 0. The van der Waals surface area contributed by atoms with Gasteiger partial charge in [-0.05, 0) is 32.4 Å². The first-order chi connectivity index (χ1) is 11.6. The van der Waals surface area contributed by atoms with Gasteiger partial charge in [0, 0.05) is 17.6 Å². The number of fused-ring (bicyclic) bond motifs is 1. The Morgan fingerprint density at radius 2 is 1.96 bits per heavy atom. The average Bonchev–Trinajstić information content (AvgIpc) is 2.79. The molecule has 6 nitrogen and oxygen atoms in total. The predicted molar refractivity (Wildman–Crippen MR) is 91.3 cm³/mol. The van der Waals surface area contributed by atoms with Crippen LogP contribution in [0.5, 0.6) is 0 Å². The maximum Gasteiger partial charge on any atom is 0.334 e. The average molecular weight is 348 g/mol. The first kappa shape index (κ1) is 19.1. The Morgan fingerprint density at radius 1 is 1.32 bits per heavy atom. The maximum absolute atomic E-state index is 12.0. The van der Waals surface area contributed by atoms with Crippen LogP contribution in [0.25, 0.3) is 0 Å². The van der Waals surface area contributed by atoms with Crippen molar-refractivity contribution in [1.29, 1.82) is 0 Å². The van der Waals surface area contributed by atoms with Gasteiger partial charge in [0.25, 0.3) is 0 Å². The molecule has 1 aliphatic carbocycles. The van der Waals surface area contributed by atoms with Gasteiger partial charge in [-0.25, -0.2) is 9.59 Å². The fraction of sp³-hybridized carbons (Fsp3) is 0.474. The van der Waals surface area contributed by atoms with Crippen molar-refractivity contribution in [1.82, 2.24) is 0 Å². The van der Waals surface area contributed by atoms with E-state index in [2.05, 4.69) is 13.2 Å². The van der Waals surface area contributed by atoms with Crippen LogP contribution in [0, 0.1) is 5.92 Å². The lowest BCUT2D eigenvalue weighted by atomic mass is 9.84. The Morgan fingerprint density at radius 3 is 2.56 bits per heavy atom. The molecule has 2 rings (SSSR count). The highest BCUT2D eigenvalue weighted by Gasteiger charge is 2.44. The molecule has 136 valence electrons. The maximum atomic E-state index is 12.0. The van der Waals surface area contributed by atoms with Gasteiger partial charge in [0.05, 0.1) is 5.92 Å². The van der Waals surface area contributed by atoms with E-state index in [1.165, 1.54) is 13.0 Å². The number of ether oxygens (including phenoxy) is 2. The number of carbonyl (C=O) groups is 2. The minimum absolute atomic E-state index is 0.219. The monoisotopic (exact) mass is 348 g/mol. The minimum Gasteiger partial charge on any atom is -0.458 e. The van der Waals surface area contributed by atoms with E-state index in [0.717, 1.165) is 0 Å². The van der Waals surface area contributed by atoms with Gasteiger partial charge < -0.3 is 19.7 Å². The van der Waals surface area contributed by atoms with Gasteiger partial charge in [-0.3, -0.25) is 0 Å². The largest absolute Gasteiger partial charge is 0.458 e. The molecule has 0 bridgehead atoms. The van der Waals surface area contributed by atoms with Gasteiger partial charge in [-0.15, -0.1) is 0 Å². The molecule has 2 N–H and O–H groups in total. The lowest BCUT2D eigenvalue weighted by Crippen LogP contribution is -2.35. The Kier molecular flexibility index (Phi) is 5.65. The number of hydrogen-bond acceptors (Lipinski definition) is 6. The highest BCUT2D eigenvalue weighted by molar-refractivity contribution is 5.91. The number of esters is 2. The number of aliphatic hydroxyl groups is 2. The second-order valence-corrected chi connectivity index (χ2v) is 6.71. The first-order valence-corrected chi connectivity index (χ1v) is 8.09. The van der Waals surface area contributed by atoms with Crippen molar-refractivity contribution in [3.05, 3.63) is 47.6 Å². The SMILES string of the molecule is C=C(C)C(=O)OC1CC(C)=CC(O)C(O)C(C)=CC2OC(=O)C(=C)C21. The highest BCUT2D eigenvalue weighted by Crippen LogP contribution is 2.36. The summed E-state index contributed by atoms with van der Waals surface area (Å²) in [5.41, 5.74) is 1.64. The lowest BCUT2D eigenvalue weighted by molar-refractivity contribution is -0.147. The summed E-state index contributed by atoms with van der Waals surface area (Å²) in [5, 5.41) is 20.3. The van der Waals surface area contributed by atoms with Gasteiger partial charge in [0.2, 0.25) is 0 Å². The van der Waals surface area contributed by atoms with Crippen LogP contribution >= 0.6 is 0 Å². The van der Waals surface area contributed by atoms with Gasteiger partial charge in [0.1, 0.15) is 24.4 Å².